The molecule has 0 N–H and O–H groups in total. The summed E-state index contributed by atoms with van der Waals surface area (Å²) in [6.45, 7) is 0.760. The molecular weight excluding hydrogens is 176 g/mol. The molecule has 0 aliphatic heterocycles. The van der Waals surface area contributed by atoms with E-state index in [0.29, 0.717) is 5.57 Å². The number of carbonyl (C=O) groups excluding carboxylic acids is 1. The lowest BCUT2D eigenvalue weighted by Crippen LogP contribution is -2.11. The number of hydrogen-bond donors (Lipinski definition) is 0. The highest BCUT2D eigenvalue weighted by Gasteiger charge is 1.98. The molecule has 0 unspecified atom stereocenters. The van der Waals surface area contributed by atoms with E-state index < -0.39 is 0 Å². The summed E-state index contributed by atoms with van der Waals surface area (Å²) in [7, 11) is 3.93. The molecule has 3 nitrogen and oxygen atoms in total. The summed E-state index contributed by atoms with van der Waals surface area (Å²) in [5.41, 5.74) is 1.62. The van der Waals surface area contributed by atoms with Crippen LogP contribution in [0.1, 0.15) is 5.56 Å². The van der Waals surface area contributed by atoms with Crippen molar-refractivity contribution in [2.75, 3.05) is 20.6 Å². The zero-order chi connectivity index (χ0) is 10.4. The van der Waals surface area contributed by atoms with Gasteiger partial charge in [-0.3, -0.25) is 9.78 Å². The van der Waals surface area contributed by atoms with Gasteiger partial charge in [-0.25, -0.2) is 0 Å². The third kappa shape index (κ3) is 3.11. The maximum absolute atomic E-state index is 10.8. The molecule has 1 heterocycles. The van der Waals surface area contributed by atoms with E-state index in [2.05, 4.69) is 4.98 Å². The fourth-order valence-electron chi connectivity index (χ4n) is 1.06. The van der Waals surface area contributed by atoms with Gasteiger partial charge in [0, 0.05) is 24.5 Å². The second-order valence-corrected chi connectivity index (χ2v) is 3.28. The molecule has 0 aliphatic carbocycles. The maximum atomic E-state index is 10.8. The Hall–Kier alpha value is -1.48. The van der Waals surface area contributed by atoms with Crippen LogP contribution in [0, 0.1) is 0 Å². The fourth-order valence-corrected chi connectivity index (χ4v) is 1.06. The number of rotatable bonds is 4. The van der Waals surface area contributed by atoms with Crippen LogP contribution in [-0.4, -0.2) is 36.8 Å². The lowest BCUT2D eigenvalue weighted by Gasteiger charge is -2.06. The first-order chi connectivity index (χ1) is 6.74. The van der Waals surface area contributed by atoms with Gasteiger partial charge in [0.1, 0.15) is 6.29 Å². The van der Waals surface area contributed by atoms with Crippen LogP contribution < -0.4 is 0 Å². The van der Waals surface area contributed by atoms with Crippen molar-refractivity contribution in [2.24, 2.45) is 0 Å². The Bertz CT molecular complexity index is 317. The van der Waals surface area contributed by atoms with Crippen LogP contribution in [0.2, 0.25) is 0 Å². The molecule has 0 aliphatic rings. The first-order valence-corrected chi connectivity index (χ1v) is 4.44. The van der Waals surface area contributed by atoms with E-state index >= 15 is 0 Å². The SMILES string of the molecule is CN(C)C/C=C(/C=O)c1ccncc1. The van der Waals surface area contributed by atoms with Gasteiger partial charge >= 0.3 is 0 Å². The number of aldehydes is 1. The van der Waals surface area contributed by atoms with E-state index in [1.165, 1.54) is 0 Å². The molecule has 1 rings (SSSR count). The summed E-state index contributed by atoms with van der Waals surface area (Å²) in [5, 5.41) is 0. The van der Waals surface area contributed by atoms with Crippen LogP contribution in [0.4, 0.5) is 0 Å². The summed E-state index contributed by atoms with van der Waals surface area (Å²) in [4.78, 5) is 16.7. The molecule has 74 valence electrons. The summed E-state index contributed by atoms with van der Waals surface area (Å²) >= 11 is 0. The molecule has 1 aromatic heterocycles. The van der Waals surface area contributed by atoms with Gasteiger partial charge in [-0.05, 0) is 31.8 Å². The number of carbonyl (C=O) groups is 1. The molecule has 0 fully saturated rings. The molecule has 0 atom stereocenters. The second kappa shape index (κ2) is 5.29. The number of aromatic nitrogens is 1. The predicted octanol–water partition coefficient (Wildman–Crippen LogP) is 1.23. The molecule has 0 radical (unpaired) electrons. The number of likely N-dealkylation sites (N-methyl/N-ethyl adjacent to an activating group) is 1. The Kier molecular flexibility index (Phi) is 4.01. The van der Waals surface area contributed by atoms with Crippen molar-refractivity contribution in [3.8, 4) is 0 Å². The monoisotopic (exact) mass is 190 g/mol. The van der Waals surface area contributed by atoms with Crippen molar-refractivity contribution >= 4 is 11.9 Å². The van der Waals surface area contributed by atoms with Crippen LogP contribution in [-0.2, 0) is 4.79 Å². The Morgan fingerprint density at radius 3 is 2.57 bits per heavy atom. The van der Waals surface area contributed by atoms with Gasteiger partial charge in [0.05, 0.1) is 0 Å². The van der Waals surface area contributed by atoms with Crippen LogP contribution >= 0.6 is 0 Å². The van der Waals surface area contributed by atoms with Gasteiger partial charge in [0.15, 0.2) is 0 Å². The lowest BCUT2D eigenvalue weighted by atomic mass is 10.1. The standard InChI is InChI=1S/C11H14N2O/c1-13(2)8-5-11(9-14)10-3-6-12-7-4-10/h3-7,9H,8H2,1-2H3/b11-5-. The van der Waals surface area contributed by atoms with E-state index in [9.17, 15) is 4.79 Å². The Labute approximate surface area is 84.1 Å². The summed E-state index contributed by atoms with van der Waals surface area (Å²) in [5.74, 6) is 0. The Morgan fingerprint density at radius 1 is 1.43 bits per heavy atom. The molecular formula is C11H14N2O. The molecule has 0 aromatic carbocycles. The highest BCUT2D eigenvalue weighted by molar-refractivity contribution is 6.06. The van der Waals surface area contributed by atoms with Gasteiger partial charge in [0.2, 0.25) is 0 Å². The molecule has 0 amide bonds. The largest absolute Gasteiger partial charge is 0.306 e. The first kappa shape index (κ1) is 10.6. The first-order valence-electron chi connectivity index (χ1n) is 4.44. The van der Waals surface area contributed by atoms with Gasteiger partial charge < -0.3 is 4.90 Å². The molecule has 0 saturated heterocycles. The third-order valence-corrected chi connectivity index (χ3v) is 1.82. The molecule has 3 heteroatoms. The van der Waals surface area contributed by atoms with Crippen LogP contribution in [0.15, 0.2) is 30.6 Å². The zero-order valence-electron chi connectivity index (χ0n) is 8.47. The maximum Gasteiger partial charge on any atom is 0.150 e. The van der Waals surface area contributed by atoms with Crippen LogP contribution in [0.25, 0.3) is 5.57 Å². The van der Waals surface area contributed by atoms with E-state index in [-0.39, 0.29) is 0 Å². The van der Waals surface area contributed by atoms with Crippen molar-refractivity contribution in [1.82, 2.24) is 9.88 Å². The van der Waals surface area contributed by atoms with Gasteiger partial charge in [-0.1, -0.05) is 6.08 Å². The number of allylic oxidation sites excluding steroid dienone is 1. The molecule has 1 aromatic rings. The van der Waals surface area contributed by atoms with Crippen molar-refractivity contribution in [1.29, 1.82) is 0 Å². The van der Waals surface area contributed by atoms with E-state index in [0.717, 1.165) is 18.4 Å². The summed E-state index contributed by atoms with van der Waals surface area (Å²) in [6.07, 6.45) is 6.14. The van der Waals surface area contributed by atoms with Gasteiger partial charge in [0.25, 0.3) is 0 Å². The van der Waals surface area contributed by atoms with Gasteiger partial charge in [-0.15, -0.1) is 0 Å². The van der Waals surface area contributed by atoms with Crippen LogP contribution in [0.3, 0.4) is 0 Å². The number of nitrogens with zero attached hydrogens (tertiary/aromatic N) is 2. The quantitative estimate of drug-likeness (QED) is 0.529. The van der Waals surface area contributed by atoms with Crippen molar-refractivity contribution < 1.29 is 4.79 Å². The minimum Gasteiger partial charge on any atom is -0.306 e. The van der Waals surface area contributed by atoms with Crippen molar-refractivity contribution in [3.63, 3.8) is 0 Å². The lowest BCUT2D eigenvalue weighted by molar-refractivity contribution is -0.103. The van der Waals surface area contributed by atoms with E-state index in [1.807, 2.05) is 37.2 Å². The molecule has 14 heavy (non-hydrogen) atoms. The molecule has 0 saturated carbocycles. The highest BCUT2D eigenvalue weighted by Crippen LogP contribution is 2.09. The number of pyridine rings is 1. The summed E-state index contributed by atoms with van der Waals surface area (Å²) < 4.78 is 0. The average Bonchev–Trinajstić information content (AvgIpc) is 2.20. The Balaban J connectivity index is 2.82. The zero-order valence-corrected chi connectivity index (χ0v) is 8.47. The van der Waals surface area contributed by atoms with Crippen molar-refractivity contribution in [2.45, 2.75) is 0 Å². The minimum atomic E-state index is 0.709. The number of hydrogen-bond acceptors (Lipinski definition) is 3. The Morgan fingerprint density at radius 2 is 2.07 bits per heavy atom. The third-order valence-electron chi connectivity index (χ3n) is 1.82. The summed E-state index contributed by atoms with van der Waals surface area (Å²) in [6, 6.07) is 3.66. The normalized spacial score (nSPS) is 11.8. The van der Waals surface area contributed by atoms with Gasteiger partial charge in [-0.2, -0.15) is 0 Å². The van der Waals surface area contributed by atoms with Crippen molar-refractivity contribution in [3.05, 3.63) is 36.2 Å². The smallest absolute Gasteiger partial charge is 0.150 e. The fraction of sp³-hybridized carbons (Fsp3) is 0.273. The van der Waals surface area contributed by atoms with Crippen LogP contribution in [0.5, 0.6) is 0 Å². The highest BCUT2D eigenvalue weighted by atomic mass is 16.1. The van der Waals surface area contributed by atoms with E-state index in [4.69, 9.17) is 0 Å². The average molecular weight is 190 g/mol. The topological polar surface area (TPSA) is 33.2 Å². The molecule has 0 bridgehead atoms. The van der Waals surface area contributed by atoms with E-state index in [1.54, 1.807) is 12.4 Å². The minimum absolute atomic E-state index is 0.709. The molecule has 0 spiro atoms. The second-order valence-electron chi connectivity index (χ2n) is 3.28. The predicted molar refractivity (Wildman–Crippen MR) is 56.8 cm³/mol.